The summed E-state index contributed by atoms with van der Waals surface area (Å²) >= 11 is 0. The van der Waals surface area contributed by atoms with Gasteiger partial charge in [-0.3, -0.25) is 0 Å². The highest BCUT2D eigenvalue weighted by molar-refractivity contribution is 5.87. The van der Waals surface area contributed by atoms with Gasteiger partial charge >= 0.3 is 12.1 Å². The third-order valence-corrected chi connectivity index (χ3v) is 1.59. The van der Waals surface area contributed by atoms with E-state index in [0.29, 0.717) is 0 Å². The molecule has 1 N–H and O–H groups in total. The molecule has 0 aliphatic carbocycles. The Kier molecular flexibility index (Phi) is 4.24. The molecule has 1 heterocycles. The number of nitrogens with zero attached hydrogens (tertiary/aromatic N) is 2. The maximum Gasteiger partial charge on any atom is 0.405 e. The molecule has 1 rings (SSSR count). The molecule has 1 aromatic rings. The number of carbonyl (C=O) groups is 1. The van der Waals surface area contributed by atoms with Gasteiger partial charge in [-0.15, -0.1) is 0 Å². The third-order valence-electron chi connectivity index (χ3n) is 1.59. The molecular formula is C9H10F3N3O2. The first-order valence-corrected chi connectivity index (χ1v) is 4.73. The molecule has 0 saturated heterocycles. The van der Waals surface area contributed by atoms with Gasteiger partial charge in [0.2, 0.25) is 5.95 Å². The molecule has 0 bridgehead atoms. The van der Waals surface area contributed by atoms with E-state index in [1.807, 2.05) is 5.32 Å². The Morgan fingerprint density at radius 2 is 2.24 bits per heavy atom. The van der Waals surface area contributed by atoms with Crippen molar-refractivity contribution >= 4 is 11.9 Å². The Bertz CT molecular complexity index is 395. The molecule has 0 unspecified atom stereocenters. The van der Waals surface area contributed by atoms with Gasteiger partial charge in [-0.1, -0.05) is 0 Å². The number of rotatable bonds is 4. The number of nitrogens with one attached hydrogen (secondary N) is 1. The molecule has 17 heavy (non-hydrogen) atoms. The van der Waals surface area contributed by atoms with Crippen molar-refractivity contribution in [3.63, 3.8) is 0 Å². The Morgan fingerprint density at radius 3 is 2.82 bits per heavy atom. The zero-order chi connectivity index (χ0) is 12.9. The summed E-state index contributed by atoms with van der Waals surface area (Å²) in [5.74, 6) is -0.974. The van der Waals surface area contributed by atoms with Crippen molar-refractivity contribution in [2.24, 2.45) is 0 Å². The highest BCUT2D eigenvalue weighted by atomic mass is 19.4. The highest BCUT2D eigenvalue weighted by Gasteiger charge is 2.27. The topological polar surface area (TPSA) is 64.1 Å². The van der Waals surface area contributed by atoms with Gasteiger partial charge < -0.3 is 10.1 Å². The Morgan fingerprint density at radius 1 is 1.53 bits per heavy atom. The first-order chi connectivity index (χ1) is 7.92. The number of alkyl halides is 3. The molecule has 94 valence electrons. The van der Waals surface area contributed by atoms with Gasteiger partial charge in [-0.25, -0.2) is 14.8 Å². The van der Waals surface area contributed by atoms with Crippen LogP contribution in [-0.4, -0.2) is 35.3 Å². The molecule has 1 aromatic heterocycles. The standard InChI is InChI=1S/C9H10F3N3O2/c1-2-17-7(16)6-3-4-13-8(15-6)14-5-9(10,11)12/h3-4H,2,5H2,1H3,(H,13,14,15). The van der Waals surface area contributed by atoms with Crippen LogP contribution in [0.15, 0.2) is 12.3 Å². The lowest BCUT2D eigenvalue weighted by Gasteiger charge is -2.08. The summed E-state index contributed by atoms with van der Waals surface area (Å²) in [6.07, 6.45) is -3.19. The first kappa shape index (κ1) is 13.2. The number of carbonyl (C=O) groups excluding carboxylic acids is 1. The normalized spacial score (nSPS) is 11.1. The summed E-state index contributed by atoms with van der Waals surface area (Å²) in [5, 5.41) is 1.97. The molecule has 0 aliphatic rings. The molecular weight excluding hydrogens is 239 g/mol. The minimum atomic E-state index is -4.37. The van der Waals surface area contributed by atoms with Crippen molar-refractivity contribution in [2.45, 2.75) is 13.1 Å². The van der Waals surface area contributed by atoms with Crippen LogP contribution in [0, 0.1) is 0 Å². The van der Waals surface area contributed by atoms with Gasteiger partial charge in [0.1, 0.15) is 6.54 Å². The summed E-state index contributed by atoms with van der Waals surface area (Å²) in [6.45, 7) is 0.509. The van der Waals surface area contributed by atoms with Crippen LogP contribution in [0.25, 0.3) is 0 Å². The number of anilines is 1. The van der Waals surface area contributed by atoms with E-state index >= 15 is 0 Å². The van der Waals surface area contributed by atoms with Crippen molar-refractivity contribution in [2.75, 3.05) is 18.5 Å². The maximum absolute atomic E-state index is 11.9. The van der Waals surface area contributed by atoms with Crippen molar-refractivity contribution in [3.05, 3.63) is 18.0 Å². The minimum absolute atomic E-state index is 0.0912. The molecule has 0 aliphatic heterocycles. The van der Waals surface area contributed by atoms with Crippen molar-refractivity contribution in [3.8, 4) is 0 Å². The van der Waals surface area contributed by atoms with E-state index < -0.39 is 18.7 Å². The minimum Gasteiger partial charge on any atom is -0.461 e. The summed E-state index contributed by atoms with van der Waals surface area (Å²) in [4.78, 5) is 18.4. The lowest BCUT2D eigenvalue weighted by atomic mass is 10.4. The zero-order valence-corrected chi connectivity index (χ0v) is 8.91. The van der Waals surface area contributed by atoms with Crippen LogP contribution in [0.2, 0.25) is 0 Å². The maximum atomic E-state index is 11.9. The Hall–Kier alpha value is -1.86. The summed E-state index contributed by atoms with van der Waals surface area (Å²) in [5.41, 5.74) is -0.0912. The van der Waals surface area contributed by atoms with Gasteiger partial charge in [-0.05, 0) is 13.0 Å². The fourth-order valence-corrected chi connectivity index (χ4v) is 0.942. The average molecular weight is 249 g/mol. The average Bonchev–Trinajstić information content (AvgIpc) is 2.26. The summed E-state index contributed by atoms with van der Waals surface area (Å²) in [6, 6.07) is 1.26. The predicted molar refractivity (Wildman–Crippen MR) is 52.5 cm³/mol. The second-order valence-electron chi connectivity index (χ2n) is 2.95. The molecule has 0 saturated carbocycles. The van der Waals surface area contributed by atoms with Crippen LogP contribution >= 0.6 is 0 Å². The number of aromatic nitrogens is 2. The molecule has 0 amide bonds. The van der Waals surface area contributed by atoms with Gasteiger partial charge in [0.25, 0.3) is 0 Å². The fourth-order valence-electron chi connectivity index (χ4n) is 0.942. The molecule has 5 nitrogen and oxygen atoms in total. The van der Waals surface area contributed by atoms with Gasteiger partial charge in [0.15, 0.2) is 5.69 Å². The van der Waals surface area contributed by atoms with E-state index in [2.05, 4.69) is 14.7 Å². The summed E-state index contributed by atoms with van der Waals surface area (Å²) < 4.78 is 40.4. The van der Waals surface area contributed by atoms with E-state index in [1.54, 1.807) is 6.92 Å². The van der Waals surface area contributed by atoms with E-state index in [9.17, 15) is 18.0 Å². The number of ether oxygens (including phenoxy) is 1. The SMILES string of the molecule is CCOC(=O)c1ccnc(NCC(F)(F)F)n1. The van der Waals surface area contributed by atoms with Gasteiger partial charge in [0, 0.05) is 6.20 Å². The second-order valence-corrected chi connectivity index (χ2v) is 2.95. The third kappa shape index (κ3) is 4.66. The zero-order valence-electron chi connectivity index (χ0n) is 8.91. The van der Waals surface area contributed by atoms with Gasteiger partial charge in [0.05, 0.1) is 6.61 Å². The number of hydrogen-bond acceptors (Lipinski definition) is 5. The van der Waals surface area contributed by atoms with E-state index in [0.717, 1.165) is 0 Å². The Labute approximate surface area is 95.0 Å². The van der Waals surface area contributed by atoms with Crippen molar-refractivity contribution in [1.82, 2.24) is 9.97 Å². The quantitative estimate of drug-likeness (QED) is 0.821. The molecule has 0 atom stereocenters. The highest BCUT2D eigenvalue weighted by Crippen LogP contribution is 2.14. The number of halogens is 3. The van der Waals surface area contributed by atoms with Crippen LogP contribution in [0.4, 0.5) is 19.1 Å². The number of hydrogen-bond donors (Lipinski definition) is 1. The Balaban J connectivity index is 2.69. The lowest BCUT2D eigenvalue weighted by molar-refractivity contribution is -0.115. The van der Waals surface area contributed by atoms with Crippen molar-refractivity contribution in [1.29, 1.82) is 0 Å². The lowest BCUT2D eigenvalue weighted by Crippen LogP contribution is -2.22. The van der Waals surface area contributed by atoms with Gasteiger partial charge in [-0.2, -0.15) is 13.2 Å². The predicted octanol–water partition coefficient (Wildman–Crippen LogP) is 1.63. The molecule has 0 aromatic carbocycles. The van der Waals surface area contributed by atoms with E-state index in [1.165, 1.54) is 12.3 Å². The molecule has 0 radical (unpaired) electrons. The second kappa shape index (κ2) is 5.46. The first-order valence-electron chi connectivity index (χ1n) is 4.73. The molecule has 0 fully saturated rings. The van der Waals surface area contributed by atoms with Crippen LogP contribution < -0.4 is 5.32 Å². The monoisotopic (exact) mass is 249 g/mol. The van der Waals surface area contributed by atoms with E-state index in [-0.39, 0.29) is 18.2 Å². The molecule has 0 spiro atoms. The molecule has 8 heteroatoms. The smallest absolute Gasteiger partial charge is 0.405 e. The van der Waals surface area contributed by atoms with Crippen molar-refractivity contribution < 1.29 is 22.7 Å². The van der Waals surface area contributed by atoms with Crippen LogP contribution in [0.5, 0.6) is 0 Å². The fraction of sp³-hybridized carbons (Fsp3) is 0.444. The van der Waals surface area contributed by atoms with Crippen LogP contribution in [0.3, 0.4) is 0 Å². The number of esters is 1. The summed E-state index contributed by atoms with van der Waals surface area (Å²) in [7, 11) is 0. The van der Waals surface area contributed by atoms with E-state index in [4.69, 9.17) is 0 Å². The van der Waals surface area contributed by atoms with Crippen LogP contribution in [-0.2, 0) is 4.74 Å². The van der Waals surface area contributed by atoms with Crippen LogP contribution in [0.1, 0.15) is 17.4 Å². The largest absolute Gasteiger partial charge is 0.461 e.